The van der Waals surface area contributed by atoms with Gasteiger partial charge in [-0.1, -0.05) is 0 Å². The van der Waals surface area contributed by atoms with E-state index in [0.717, 1.165) is 11.6 Å². The van der Waals surface area contributed by atoms with Gasteiger partial charge in [0.15, 0.2) is 5.82 Å². The molecule has 0 amide bonds. The Bertz CT molecular complexity index is 501. The average molecular weight is 215 g/mol. The van der Waals surface area contributed by atoms with Crippen molar-refractivity contribution in [3.8, 4) is 5.82 Å². The highest BCUT2D eigenvalue weighted by molar-refractivity contribution is 5.85. The van der Waals surface area contributed by atoms with Crippen molar-refractivity contribution in [2.24, 2.45) is 0 Å². The molecule has 16 heavy (non-hydrogen) atoms. The molecule has 2 heterocycles. The summed E-state index contributed by atoms with van der Waals surface area (Å²) in [5, 5.41) is 12.5. The van der Waals surface area contributed by atoms with E-state index in [1.54, 1.807) is 41.5 Å². The number of hydrogen-bond donors (Lipinski definition) is 1. The number of carbonyl (C=O) groups is 1. The number of pyridine rings is 1. The standard InChI is InChI=1S/C11H9N3O2/c15-11(16)5-3-9-2-4-10(12-8-9)14-7-1-6-13-14/h1-8H,(H,15,16)/b5-3+. The molecule has 5 heteroatoms. The smallest absolute Gasteiger partial charge is 0.328 e. The molecule has 0 saturated heterocycles. The minimum Gasteiger partial charge on any atom is -0.478 e. The van der Waals surface area contributed by atoms with Crippen molar-refractivity contribution in [3.63, 3.8) is 0 Å². The van der Waals surface area contributed by atoms with Crippen LogP contribution in [-0.4, -0.2) is 25.8 Å². The summed E-state index contributed by atoms with van der Waals surface area (Å²) in [5.74, 6) is -0.284. The normalized spacial score (nSPS) is 10.8. The van der Waals surface area contributed by atoms with Crippen LogP contribution in [0.4, 0.5) is 0 Å². The zero-order valence-corrected chi connectivity index (χ0v) is 8.32. The zero-order chi connectivity index (χ0) is 11.4. The molecule has 0 aliphatic carbocycles. The molecular formula is C11H9N3O2. The summed E-state index contributed by atoms with van der Waals surface area (Å²) in [7, 11) is 0. The summed E-state index contributed by atoms with van der Waals surface area (Å²) < 4.78 is 1.63. The molecule has 0 aliphatic heterocycles. The Morgan fingerprint density at radius 1 is 1.44 bits per heavy atom. The molecule has 0 unspecified atom stereocenters. The third-order valence-electron chi connectivity index (χ3n) is 1.93. The Labute approximate surface area is 91.7 Å². The maximum atomic E-state index is 10.3. The van der Waals surface area contributed by atoms with E-state index >= 15 is 0 Å². The maximum absolute atomic E-state index is 10.3. The molecule has 0 saturated carbocycles. The Hall–Kier alpha value is -2.43. The molecular weight excluding hydrogens is 206 g/mol. The molecule has 0 aromatic carbocycles. The molecule has 0 spiro atoms. The first-order valence-electron chi connectivity index (χ1n) is 4.63. The van der Waals surface area contributed by atoms with Gasteiger partial charge in [0, 0.05) is 24.7 Å². The Morgan fingerprint density at radius 2 is 2.31 bits per heavy atom. The van der Waals surface area contributed by atoms with Gasteiger partial charge in [-0.2, -0.15) is 5.10 Å². The van der Waals surface area contributed by atoms with E-state index in [9.17, 15) is 4.79 Å². The summed E-state index contributed by atoms with van der Waals surface area (Å²) in [6.45, 7) is 0. The van der Waals surface area contributed by atoms with Crippen LogP contribution >= 0.6 is 0 Å². The molecule has 2 aromatic heterocycles. The third kappa shape index (κ3) is 2.33. The minimum absolute atomic E-state index is 0.692. The van der Waals surface area contributed by atoms with Crippen LogP contribution in [0.1, 0.15) is 5.56 Å². The Morgan fingerprint density at radius 3 is 2.88 bits per heavy atom. The van der Waals surface area contributed by atoms with Crippen LogP contribution in [-0.2, 0) is 4.79 Å². The van der Waals surface area contributed by atoms with Gasteiger partial charge in [0.2, 0.25) is 0 Å². The Kier molecular flexibility index (Phi) is 2.77. The minimum atomic E-state index is -0.976. The predicted molar refractivity (Wildman–Crippen MR) is 58.0 cm³/mol. The number of hydrogen-bond acceptors (Lipinski definition) is 3. The van der Waals surface area contributed by atoms with Gasteiger partial charge in [0.25, 0.3) is 0 Å². The fraction of sp³-hybridized carbons (Fsp3) is 0. The lowest BCUT2D eigenvalue weighted by Gasteiger charge is -1.99. The highest BCUT2D eigenvalue weighted by Gasteiger charge is 1.96. The Balaban J connectivity index is 2.20. The molecule has 1 N–H and O–H groups in total. The number of carboxylic acids is 1. The lowest BCUT2D eigenvalue weighted by atomic mass is 10.2. The number of nitrogens with zero attached hydrogens (tertiary/aromatic N) is 3. The van der Waals surface area contributed by atoms with Crippen LogP contribution < -0.4 is 0 Å². The van der Waals surface area contributed by atoms with Crippen LogP contribution in [0.5, 0.6) is 0 Å². The summed E-state index contributed by atoms with van der Waals surface area (Å²) in [6.07, 6.45) is 7.61. The second kappa shape index (κ2) is 4.39. The van der Waals surface area contributed by atoms with Crippen LogP contribution in [0.2, 0.25) is 0 Å². The summed E-state index contributed by atoms with van der Waals surface area (Å²) in [4.78, 5) is 14.5. The summed E-state index contributed by atoms with van der Waals surface area (Å²) in [6, 6.07) is 5.36. The topological polar surface area (TPSA) is 68.0 Å². The molecule has 80 valence electrons. The van der Waals surface area contributed by atoms with Crippen molar-refractivity contribution in [2.45, 2.75) is 0 Å². The van der Waals surface area contributed by atoms with E-state index in [1.807, 2.05) is 0 Å². The molecule has 0 fully saturated rings. The third-order valence-corrected chi connectivity index (χ3v) is 1.93. The predicted octanol–water partition coefficient (Wildman–Crippen LogP) is 1.37. The second-order valence-corrected chi connectivity index (χ2v) is 3.07. The molecule has 0 aliphatic rings. The SMILES string of the molecule is O=C(O)/C=C/c1ccc(-n2cccn2)nc1. The number of carboxylic acid groups (broad SMARTS) is 1. The summed E-state index contributed by atoms with van der Waals surface area (Å²) >= 11 is 0. The van der Waals surface area contributed by atoms with Crippen molar-refractivity contribution in [1.29, 1.82) is 0 Å². The lowest BCUT2D eigenvalue weighted by Crippen LogP contribution is -1.97. The van der Waals surface area contributed by atoms with Gasteiger partial charge in [-0.15, -0.1) is 0 Å². The molecule has 0 atom stereocenters. The van der Waals surface area contributed by atoms with Crippen molar-refractivity contribution in [2.75, 3.05) is 0 Å². The van der Waals surface area contributed by atoms with E-state index in [2.05, 4.69) is 10.1 Å². The largest absolute Gasteiger partial charge is 0.478 e. The first-order chi connectivity index (χ1) is 7.75. The van der Waals surface area contributed by atoms with Crippen LogP contribution in [0, 0.1) is 0 Å². The van der Waals surface area contributed by atoms with E-state index in [-0.39, 0.29) is 0 Å². The highest BCUT2D eigenvalue weighted by atomic mass is 16.4. The van der Waals surface area contributed by atoms with Crippen molar-refractivity contribution < 1.29 is 9.90 Å². The number of aromatic nitrogens is 3. The van der Waals surface area contributed by atoms with Gasteiger partial charge in [-0.3, -0.25) is 0 Å². The fourth-order valence-corrected chi connectivity index (χ4v) is 1.20. The quantitative estimate of drug-likeness (QED) is 0.785. The average Bonchev–Trinajstić information content (AvgIpc) is 2.80. The van der Waals surface area contributed by atoms with E-state index in [4.69, 9.17) is 5.11 Å². The maximum Gasteiger partial charge on any atom is 0.328 e. The lowest BCUT2D eigenvalue weighted by molar-refractivity contribution is -0.131. The van der Waals surface area contributed by atoms with Gasteiger partial charge in [-0.05, 0) is 29.8 Å². The van der Waals surface area contributed by atoms with E-state index < -0.39 is 5.97 Å². The zero-order valence-electron chi connectivity index (χ0n) is 8.32. The van der Waals surface area contributed by atoms with Crippen LogP contribution in [0.15, 0.2) is 42.9 Å². The van der Waals surface area contributed by atoms with Crippen LogP contribution in [0.25, 0.3) is 11.9 Å². The second-order valence-electron chi connectivity index (χ2n) is 3.07. The van der Waals surface area contributed by atoms with Gasteiger partial charge < -0.3 is 5.11 Å². The molecule has 0 radical (unpaired) electrons. The van der Waals surface area contributed by atoms with Crippen molar-refractivity contribution in [1.82, 2.24) is 14.8 Å². The highest BCUT2D eigenvalue weighted by Crippen LogP contribution is 2.05. The molecule has 2 rings (SSSR count). The number of aliphatic carboxylic acids is 1. The van der Waals surface area contributed by atoms with Crippen molar-refractivity contribution in [3.05, 3.63) is 48.4 Å². The van der Waals surface area contributed by atoms with Gasteiger partial charge in [0.05, 0.1) is 0 Å². The van der Waals surface area contributed by atoms with Crippen LogP contribution in [0.3, 0.4) is 0 Å². The van der Waals surface area contributed by atoms with Gasteiger partial charge in [0.1, 0.15) is 0 Å². The van der Waals surface area contributed by atoms with Crippen molar-refractivity contribution >= 4 is 12.0 Å². The van der Waals surface area contributed by atoms with Gasteiger partial charge in [-0.25, -0.2) is 14.5 Å². The molecule has 5 nitrogen and oxygen atoms in total. The molecule has 2 aromatic rings. The molecule has 0 bridgehead atoms. The van der Waals surface area contributed by atoms with Gasteiger partial charge >= 0.3 is 5.97 Å². The van der Waals surface area contributed by atoms with E-state index in [1.165, 1.54) is 6.08 Å². The number of rotatable bonds is 3. The fourth-order valence-electron chi connectivity index (χ4n) is 1.20. The summed E-state index contributed by atoms with van der Waals surface area (Å²) in [5.41, 5.74) is 0.735. The monoisotopic (exact) mass is 215 g/mol. The first-order valence-corrected chi connectivity index (χ1v) is 4.63. The van der Waals surface area contributed by atoms with E-state index in [0.29, 0.717) is 5.82 Å². The first kappa shape index (κ1) is 10.1.